The average Bonchev–Trinajstić information content (AvgIpc) is 2.97. The molecule has 0 N–H and O–H groups in total. The number of nitrogens with zero attached hydrogens (tertiary/aromatic N) is 1. The Balaban J connectivity index is 1.68. The third-order valence-electron chi connectivity index (χ3n) is 5.01. The maximum atomic E-state index is 2.59. The van der Waals surface area contributed by atoms with Crippen LogP contribution in [0.4, 0.5) is 5.69 Å². The maximum Gasteiger partial charge on any atom is 0.0429 e. The molecule has 0 bridgehead atoms. The van der Waals surface area contributed by atoms with Crippen LogP contribution in [0.1, 0.15) is 36.3 Å². The number of para-hydroxylation sites is 1. The predicted octanol–water partition coefficient (Wildman–Crippen LogP) is 4.59. The number of hydrogen-bond acceptors (Lipinski definition) is 1. The lowest BCUT2D eigenvalue weighted by atomic mass is 9.83. The minimum absolute atomic E-state index is 0.818. The molecule has 2 aliphatic rings. The van der Waals surface area contributed by atoms with Gasteiger partial charge in [-0.1, -0.05) is 55.0 Å². The van der Waals surface area contributed by atoms with Crippen molar-refractivity contribution in [3.8, 4) is 0 Å². The summed E-state index contributed by atoms with van der Waals surface area (Å²) >= 11 is 0. The topological polar surface area (TPSA) is 3.24 Å². The largest absolute Gasteiger partial charge is 0.367 e. The second-order valence-electron chi connectivity index (χ2n) is 6.22. The van der Waals surface area contributed by atoms with Gasteiger partial charge in [-0.15, -0.1) is 0 Å². The van der Waals surface area contributed by atoms with Crippen LogP contribution in [-0.4, -0.2) is 6.54 Å². The van der Waals surface area contributed by atoms with Gasteiger partial charge in [-0.25, -0.2) is 0 Å². The molecule has 1 aliphatic carbocycles. The van der Waals surface area contributed by atoms with Gasteiger partial charge >= 0.3 is 0 Å². The average molecular weight is 263 g/mol. The Morgan fingerprint density at radius 2 is 1.70 bits per heavy atom. The first-order valence-electron chi connectivity index (χ1n) is 7.79. The van der Waals surface area contributed by atoms with Gasteiger partial charge in [0.05, 0.1) is 0 Å². The number of rotatable bonds is 2. The monoisotopic (exact) mass is 263 g/mol. The Morgan fingerprint density at radius 1 is 0.900 bits per heavy atom. The maximum absolute atomic E-state index is 2.59. The fraction of sp³-hybridized carbons (Fsp3) is 0.368. The van der Waals surface area contributed by atoms with Gasteiger partial charge in [-0.05, 0) is 41.9 Å². The lowest BCUT2D eigenvalue weighted by Crippen LogP contribution is -2.35. The molecule has 0 radical (unpaired) electrons. The Hall–Kier alpha value is -1.76. The molecule has 1 heterocycles. The minimum Gasteiger partial charge on any atom is -0.367 e. The minimum atomic E-state index is 0.818. The molecular weight excluding hydrogens is 242 g/mol. The summed E-state index contributed by atoms with van der Waals surface area (Å²) in [4.78, 5) is 2.59. The van der Waals surface area contributed by atoms with Crippen LogP contribution in [0.2, 0.25) is 0 Å². The van der Waals surface area contributed by atoms with Gasteiger partial charge in [-0.3, -0.25) is 0 Å². The molecule has 0 spiro atoms. The Kier molecular flexibility index (Phi) is 2.99. The van der Waals surface area contributed by atoms with Gasteiger partial charge in [0, 0.05) is 18.8 Å². The molecule has 1 saturated carbocycles. The third-order valence-corrected chi connectivity index (χ3v) is 5.01. The van der Waals surface area contributed by atoms with Crippen LogP contribution in [0.25, 0.3) is 0 Å². The van der Waals surface area contributed by atoms with Crippen LogP contribution in [-0.2, 0) is 6.54 Å². The Bertz CT molecular complexity index is 590. The number of anilines is 1. The summed E-state index contributed by atoms with van der Waals surface area (Å²) in [6.07, 6.45) is 4.20. The van der Waals surface area contributed by atoms with Crippen molar-refractivity contribution in [2.45, 2.75) is 31.7 Å². The highest BCUT2D eigenvalue weighted by molar-refractivity contribution is 5.58. The van der Waals surface area contributed by atoms with Crippen LogP contribution in [0.15, 0.2) is 54.6 Å². The molecule has 2 atom stereocenters. The van der Waals surface area contributed by atoms with Gasteiger partial charge in [0.25, 0.3) is 0 Å². The van der Waals surface area contributed by atoms with E-state index in [-0.39, 0.29) is 0 Å². The molecule has 0 unspecified atom stereocenters. The molecule has 2 aromatic carbocycles. The van der Waals surface area contributed by atoms with E-state index in [2.05, 4.69) is 59.5 Å². The van der Waals surface area contributed by atoms with E-state index in [1.165, 1.54) is 37.1 Å². The van der Waals surface area contributed by atoms with Gasteiger partial charge < -0.3 is 4.90 Å². The van der Waals surface area contributed by atoms with Crippen LogP contribution in [0.5, 0.6) is 0 Å². The van der Waals surface area contributed by atoms with Gasteiger partial charge in [-0.2, -0.15) is 0 Å². The van der Waals surface area contributed by atoms with Crippen molar-refractivity contribution in [3.05, 3.63) is 65.7 Å². The molecule has 2 aromatic rings. The lowest BCUT2D eigenvalue weighted by molar-refractivity contribution is 0.452. The van der Waals surface area contributed by atoms with Crippen molar-refractivity contribution >= 4 is 5.69 Å². The molecule has 0 amide bonds. The molecule has 1 heteroatoms. The zero-order chi connectivity index (χ0) is 13.4. The second-order valence-corrected chi connectivity index (χ2v) is 6.22. The fourth-order valence-corrected chi connectivity index (χ4v) is 4.09. The fourth-order valence-electron chi connectivity index (χ4n) is 4.09. The van der Waals surface area contributed by atoms with E-state index < -0.39 is 0 Å². The highest BCUT2D eigenvalue weighted by Gasteiger charge is 2.36. The molecule has 1 fully saturated rings. The van der Waals surface area contributed by atoms with E-state index in [1.54, 1.807) is 5.56 Å². The number of hydrogen-bond donors (Lipinski definition) is 0. The molecule has 0 saturated heterocycles. The smallest absolute Gasteiger partial charge is 0.0429 e. The highest BCUT2D eigenvalue weighted by atomic mass is 15.1. The van der Waals surface area contributed by atoms with E-state index in [4.69, 9.17) is 0 Å². The molecule has 0 aromatic heterocycles. The molecule has 102 valence electrons. The van der Waals surface area contributed by atoms with E-state index in [1.807, 2.05) is 0 Å². The summed E-state index contributed by atoms with van der Waals surface area (Å²) < 4.78 is 0. The summed E-state index contributed by atoms with van der Waals surface area (Å²) in [5, 5.41) is 0. The number of benzene rings is 2. The van der Waals surface area contributed by atoms with E-state index in [0.717, 1.165) is 18.4 Å². The van der Waals surface area contributed by atoms with E-state index >= 15 is 0 Å². The summed E-state index contributed by atoms with van der Waals surface area (Å²) in [7, 11) is 0. The van der Waals surface area contributed by atoms with Crippen molar-refractivity contribution in [3.63, 3.8) is 0 Å². The highest BCUT2D eigenvalue weighted by Crippen LogP contribution is 2.47. The molecule has 20 heavy (non-hydrogen) atoms. The Morgan fingerprint density at radius 3 is 2.60 bits per heavy atom. The molecule has 4 rings (SSSR count). The zero-order valence-corrected chi connectivity index (χ0v) is 11.8. The molecule has 1 aliphatic heterocycles. The Labute approximate surface area is 121 Å². The van der Waals surface area contributed by atoms with Crippen molar-refractivity contribution in [1.29, 1.82) is 0 Å². The van der Waals surface area contributed by atoms with Crippen LogP contribution in [0.3, 0.4) is 0 Å². The second kappa shape index (κ2) is 4.97. The van der Waals surface area contributed by atoms with E-state index in [0.29, 0.717) is 0 Å². The summed E-state index contributed by atoms with van der Waals surface area (Å²) in [5.74, 6) is 1.69. The standard InChI is InChI=1S/C19H21N/c1-2-7-15(8-3-1)13-20-14-16-9-6-11-17(16)18-10-4-5-12-19(18)20/h1-5,7-8,10,12,16-17H,6,9,11,13-14H2/t16-,17+/m1/s1. The quantitative estimate of drug-likeness (QED) is 0.766. The first kappa shape index (κ1) is 12.0. The predicted molar refractivity (Wildman–Crippen MR) is 84.0 cm³/mol. The van der Waals surface area contributed by atoms with E-state index in [9.17, 15) is 0 Å². The van der Waals surface area contributed by atoms with Crippen molar-refractivity contribution < 1.29 is 0 Å². The van der Waals surface area contributed by atoms with Crippen molar-refractivity contribution in [2.24, 2.45) is 5.92 Å². The van der Waals surface area contributed by atoms with Crippen LogP contribution >= 0.6 is 0 Å². The first-order chi connectivity index (χ1) is 9.92. The lowest BCUT2D eigenvalue weighted by Gasteiger charge is -2.38. The van der Waals surface area contributed by atoms with Crippen LogP contribution in [0, 0.1) is 5.92 Å². The number of fused-ring (bicyclic) bond motifs is 3. The van der Waals surface area contributed by atoms with Crippen molar-refractivity contribution in [2.75, 3.05) is 11.4 Å². The first-order valence-corrected chi connectivity index (χ1v) is 7.79. The van der Waals surface area contributed by atoms with Gasteiger partial charge in [0.1, 0.15) is 0 Å². The normalized spacial score (nSPS) is 24.3. The van der Waals surface area contributed by atoms with Crippen LogP contribution < -0.4 is 4.90 Å². The third kappa shape index (κ3) is 2.02. The summed E-state index contributed by atoms with van der Waals surface area (Å²) in [5.41, 5.74) is 4.48. The molecule has 1 nitrogen and oxygen atoms in total. The summed E-state index contributed by atoms with van der Waals surface area (Å²) in [6.45, 7) is 2.28. The zero-order valence-electron chi connectivity index (χ0n) is 11.8. The SMILES string of the molecule is c1ccc(CN2C[C@H]3CCC[C@@H]3c3ccccc32)cc1. The summed E-state index contributed by atoms with van der Waals surface area (Å²) in [6, 6.07) is 19.9. The van der Waals surface area contributed by atoms with Gasteiger partial charge in [0.15, 0.2) is 0 Å². The molecular formula is C19H21N. The van der Waals surface area contributed by atoms with Gasteiger partial charge in [0.2, 0.25) is 0 Å². The van der Waals surface area contributed by atoms with Crippen molar-refractivity contribution in [1.82, 2.24) is 0 Å².